The van der Waals surface area contributed by atoms with Gasteiger partial charge in [0.15, 0.2) is 11.6 Å². The van der Waals surface area contributed by atoms with E-state index in [0.717, 1.165) is 11.6 Å². The lowest BCUT2D eigenvalue weighted by atomic mass is 10.1. The van der Waals surface area contributed by atoms with Gasteiger partial charge >= 0.3 is 6.18 Å². The van der Waals surface area contributed by atoms with Crippen LogP contribution >= 0.6 is 0 Å². The number of benzene rings is 2. The molecule has 4 aromatic rings. The fourth-order valence-electron chi connectivity index (χ4n) is 3.10. The second-order valence-corrected chi connectivity index (χ2v) is 6.57. The minimum Gasteiger partial charge on any atom is -0.336 e. The normalized spacial score (nSPS) is 11.6. The summed E-state index contributed by atoms with van der Waals surface area (Å²) in [5.74, 6) is -1.28. The molecule has 0 fully saturated rings. The van der Waals surface area contributed by atoms with Crippen LogP contribution < -0.4 is 10.9 Å². The molecule has 0 unspecified atom stereocenters. The summed E-state index contributed by atoms with van der Waals surface area (Å²) in [5.41, 5.74) is -0.527. The molecule has 0 aliphatic rings. The summed E-state index contributed by atoms with van der Waals surface area (Å²) in [7, 11) is 0. The summed E-state index contributed by atoms with van der Waals surface area (Å²) in [4.78, 5) is 13.8. The van der Waals surface area contributed by atoms with E-state index < -0.39 is 17.6 Å². The monoisotopic (exact) mass is 414 g/mol. The van der Waals surface area contributed by atoms with Crippen molar-refractivity contribution in [3.63, 3.8) is 0 Å². The minimum atomic E-state index is -4.81. The van der Waals surface area contributed by atoms with Crippen molar-refractivity contribution in [2.45, 2.75) is 12.6 Å². The van der Waals surface area contributed by atoms with E-state index in [1.807, 2.05) is 0 Å². The van der Waals surface area contributed by atoms with Crippen molar-refractivity contribution in [1.29, 1.82) is 0 Å². The highest BCUT2D eigenvalue weighted by molar-refractivity contribution is 5.94. The zero-order chi connectivity index (χ0) is 21.3. The van der Waals surface area contributed by atoms with Gasteiger partial charge in [0.05, 0.1) is 16.9 Å². The Morgan fingerprint density at radius 1 is 0.933 bits per heavy atom. The van der Waals surface area contributed by atoms with Crippen LogP contribution in [0.5, 0.6) is 0 Å². The number of anilines is 2. The number of nitrogens with one attached hydrogen (secondary N) is 2. The van der Waals surface area contributed by atoms with E-state index in [1.165, 1.54) is 12.1 Å². The summed E-state index contributed by atoms with van der Waals surface area (Å²) < 4.78 is 53.4. The first kappa shape index (κ1) is 19.6. The van der Waals surface area contributed by atoms with E-state index in [0.29, 0.717) is 29.0 Å². The van der Waals surface area contributed by atoms with E-state index in [2.05, 4.69) is 20.5 Å². The van der Waals surface area contributed by atoms with Gasteiger partial charge in [-0.2, -0.15) is 18.3 Å². The molecular weight excluding hydrogens is 400 g/mol. The Bertz CT molecular complexity index is 1260. The Morgan fingerprint density at radius 3 is 2.40 bits per heavy atom. The summed E-state index contributed by atoms with van der Waals surface area (Å²) in [5, 5.41) is 12.1. The molecule has 2 aromatic heterocycles. The molecule has 0 amide bonds. The Hall–Kier alpha value is -3.75. The lowest BCUT2D eigenvalue weighted by Gasteiger charge is -2.14. The van der Waals surface area contributed by atoms with Crippen LogP contribution in [-0.2, 0) is 12.6 Å². The van der Waals surface area contributed by atoms with Crippen molar-refractivity contribution in [2.75, 3.05) is 5.32 Å². The average molecular weight is 414 g/mol. The van der Waals surface area contributed by atoms with Gasteiger partial charge in [-0.1, -0.05) is 36.4 Å². The van der Waals surface area contributed by atoms with E-state index in [9.17, 15) is 22.4 Å². The number of pyridine rings is 1. The number of nitrogens with zero attached hydrogens (tertiary/aromatic N) is 2. The van der Waals surface area contributed by atoms with Crippen LogP contribution in [0.1, 0.15) is 16.8 Å². The predicted molar refractivity (Wildman–Crippen MR) is 104 cm³/mol. The van der Waals surface area contributed by atoms with Crippen molar-refractivity contribution in [2.24, 2.45) is 0 Å². The molecule has 152 valence electrons. The second kappa shape index (κ2) is 7.58. The van der Waals surface area contributed by atoms with Gasteiger partial charge in [-0.25, -0.2) is 4.39 Å². The quantitative estimate of drug-likeness (QED) is 0.470. The first-order valence-electron chi connectivity index (χ1n) is 8.87. The van der Waals surface area contributed by atoms with E-state index in [1.54, 1.807) is 36.5 Å². The molecule has 0 atom stereocenters. The first-order valence-corrected chi connectivity index (χ1v) is 8.87. The number of aromatic amines is 1. The standard InChI is InChI=1S/C21H14F4N4O/c22-19-15(21(23,24)25)6-3-7-16(19)27-20-14-5-2-1-4-13(14)17(28-29-20)10-12-8-9-18(30)26-11-12/h1-9,11H,10H2,(H,26,30)(H,27,29). The molecule has 2 aromatic carbocycles. The van der Waals surface area contributed by atoms with Crippen LogP contribution in [0.15, 0.2) is 65.6 Å². The molecule has 0 saturated heterocycles. The molecule has 0 aliphatic heterocycles. The molecule has 4 rings (SSSR count). The van der Waals surface area contributed by atoms with Crippen molar-refractivity contribution in [1.82, 2.24) is 15.2 Å². The topological polar surface area (TPSA) is 70.7 Å². The van der Waals surface area contributed by atoms with E-state index in [4.69, 9.17) is 0 Å². The molecule has 9 heteroatoms. The number of alkyl halides is 3. The lowest BCUT2D eigenvalue weighted by molar-refractivity contribution is -0.139. The first-order chi connectivity index (χ1) is 14.3. The number of hydrogen-bond donors (Lipinski definition) is 2. The van der Waals surface area contributed by atoms with Crippen LogP contribution in [0.3, 0.4) is 0 Å². The Morgan fingerprint density at radius 2 is 1.70 bits per heavy atom. The van der Waals surface area contributed by atoms with Crippen LogP contribution in [0.2, 0.25) is 0 Å². The van der Waals surface area contributed by atoms with Crippen LogP contribution in [0.4, 0.5) is 29.1 Å². The molecule has 0 radical (unpaired) electrons. The van der Waals surface area contributed by atoms with Crippen molar-refractivity contribution >= 4 is 22.3 Å². The molecule has 30 heavy (non-hydrogen) atoms. The third-order valence-corrected chi connectivity index (χ3v) is 4.54. The average Bonchev–Trinajstić information content (AvgIpc) is 2.72. The third kappa shape index (κ3) is 3.86. The van der Waals surface area contributed by atoms with Gasteiger partial charge in [0.2, 0.25) is 5.56 Å². The summed E-state index contributed by atoms with van der Waals surface area (Å²) in [6, 6.07) is 13.1. The maximum atomic E-state index is 14.4. The smallest absolute Gasteiger partial charge is 0.336 e. The van der Waals surface area contributed by atoms with Gasteiger partial charge in [0, 0.05) is 29.5 Å². The van der Waals surface area contributed by atoms with Gasteiger partial charge in [-0.3, -0.25) is 4.79 Å². The van der Waals surface area contributed by atoms with E-state index in [-0.39, 0.29) is 17.1 Å². The highest BCUT2D eigenvalue weighted by Crippen LogP contribution is 2.35. The van der Waals surface area contributed by atoms with Crippen LogP contribution in [0, 0.1) is 5.82 Å². The zero-order valence-corrected chi connectivity index (χ0v) is 15.3. The number of H-pyrrole nitrogens is 1. The summed E-state index contributed by atoms with van der Waals surface area (Å²) in [6.45, 7) is 0. The highest BCUT2D eigenvalue weighted by Gasteiger charge is 2.35. The van der Waals surface area contributed by atoms with Gasteiger partial charge in [-0.15, -0.1) is 5.10 Å². The number of aromatic nitrogens is 3. The van der Waals surface area contributed by atoms with Crippen molar-refractivity contribution in [3.05, 3.63) is 93.8 Å². The molecule has 2 heterocycles. The molecule has 0 saturated carbocycles. The minimum absolute atomic E-state index is 0.133. The lowest BCUT2D eigenvalue weighted by Crippen LogP contribution is -2.10. The number of rotatable bonds is 4. The maximum absolute atomic E-state index is 14.4. The van der Waals surface area contributed by atoms with Gasteiger partial charge < -0.3 is 10.3 Å². The third-order valence-electron chi connectivity index (χ3n) is 4.54. The van der Waals surface area contributed by atoms with Crippen molar-refractivity contribution < 1.29 is 17.6 Å². The number of halogens is 4. The van der Waals surface area contributed by atoms with Gasteiger partial charge in [-0.05, 0) is 17.7 Å². The second-order valence-electron chi connectivity index (χ2n) is 6.57. The molecule has 0 spiro atoms. The summed E-state index contributed by atoms with van der Waals surface area (Å²) >= 11 is 0. The Labute approximate surface area is 167 Å². The fourth-order valence-corrected chi connectivity index (χ4v) is 3.10. The molecule has 0 aliphatic carbocycles. The SMILES string of the molecule is O=c1ccc(Cc2nnc(Nc3cccc(C(F)(F)F)c3F)c3ccccc23)c[nH]1. The van der Waals surface area contributed by atoms with Crippen LogP contribution in [-0.4, -0.2) is 15.2 Å². The largest absolute Gasteiger partial charge is 0.419 e. The van der Waals surface area contributed by atoms with E-state index >= 15 is 0 Å². The molecule has 5 nitrogen and oxygen atoms in total. The summed E-state index contributed by atoms with van der Waals surface area (Å²) in [6.07, 6.45) is -2.86. The Kier molecular flexibility index (Phi) is 4.94. The molecule has 2 N–H and O–H groups in total. The highest BCUT2D eigenvalue weighted by atomic mass is 19.4. The molecule has 0 bridgehead atoms. The van der Waals surface area contributed by atoms with Crippen molar-refractivity contribution in [3.8, 4) is 0 Å². The fraction of sp³-hybridized carbons (Fsp3) is 0.0952. The number of hydrogen-bond acceptors (Lipinski definition) is 4. The number of fused-ring (bicyclic) bond motifs is 1. The molecular formula is C21H14F4N4O. The van der Waals surface area contributed by atoms with Crippen LogP contribution in [0.25, 0.3) is 10.8 Å². The maximum Gasteiger partial charge on any atom is 0.419 e. The van der Waals surface area contributed by atoms with Gasteiger partial charge in [0.25, 0.3) is 0 Å². The van der Waals surface area contributed by atoms with Gasteiger partial charge in [0.1, 0.15) is 0 Å². The predicted octanol–water partition coefficient (Wildman–Crippen LogP) is 4.81. The zero-order valence-electron chi connectivity index (χ0n) is 15.3. The Balaban J connectivity index is 1.74.